The Morgan fingerprint density at radius 3 is 1.88 bits per heavy atom. The molecule has 0 radical (unpaired) electrons. The third kappa shape index (κ3) is 11.0. The largest absolute Gasteiger partial charge is 0.416 e. The van der Waals surface area contributed by atoms with E-state index in [-0.39, 0.29) is 24.8 Å². The zero-order chi connectivity index (χ0) is 40.5. The van der Waals surface area contributed by atoms with Crippen molar-refractivity contribution >= 4 is 35.2 Å². The Bertz CT molecular complexity index is 1970. The molecule has 300 valence electrons. The zero-order valence-electron chi connectivity index (χ0n) is 32.9. The minimum atomic E-state index is -4.47. The van der Waals surface area contributed by atoms with Gasteiger partial charge < -0.3 is 24.5 Å². The van der Waals surface area contributed by atoms with Crippen molar-refractivity contribution < 1.29 is 27.6 Å². The quantitative estimate of drug-likeness (QED) is 0.154. The summed E-state index contributed by atoms with van der Waals surface area (Å²) in [6.45, 7) is 7.59. The Balaban J connectivity index is 1.24. The molecule has 57 heavy (non-hydrogen) atoms. The van der Waals surface area contributed by atoms with Gasteiger partial charge in [0.25, 0.3) is 0 Å². The molecule has 4 aromatic rings. The number of carbonyl (C=O) groups excluding carboxylic acids is 3. The second-order valence-electron chi connectivity index (χ2n) is 14.9. The average molecular weight is 781 g/mol. The second-order valence-corrected chi connectivity index (χ2v) is 14.9. The molecule has 2 saturated heterocycles. The van der Waals surface area contributed by atoms with Crippen LogP contribution in [0.3, 0.4) is 0 Å². The van der Waals surface area contributed by atoms with Crippen LogP contribution in [0.15, 0.2) is 109 Å². The van der Waals surface area contributed by atoms with E-state index < -0.39 is 23.7 Å². The van der Waals surface area contributed by atoms with E-state index in [9.17, 15) is 27.6 Å². The fourth-order valence-corrected chi connectivity index (χ4v) is 7.34. The summed E-state index contributed by atoms with van der Waals surface area (Å²) < 4.78 is 39.7. The maximum absolute atomic E-state index is 14.7. The van der Waals surface area contributed by atoms with Gasteiger partial charge in [0.1, 0.15) is 6.04 Å². The normalized spacial score (nSPS) is 15.8. The predicted molar refractivity (Wildman–Crippen MR) is 218 cm³/mol. The van der Waals surface area contributed by atoms with Crippen LogP contribution in [-0.4, -0.2) is 110 Å². The Kier molecular flexibility index (Phi) is 13.4. The van der Waals surface area contributed by atoms with Crippen molar-refractivity contribution in [1.29, 1.82) is 0 Å². The minimum Gasteiger partial charge on any atom is -0.378 e. The molecule has 0 saturated carbocycles. The third-order valence-electron chi connectivity index (χ3n) is 10.8. The second kappa shape index (κ2) is 18.5. The van der Waals surface area contributed by atoms with E-state index in [1.165, 1.54) is 29.8 Å². The topological polar surface area (TPSA) is 70.6 Å². The van der Waals surface area contributed by atoms with E-state index in [0.29, 0.717) is 57.9 Å². The number of amides is 3. The number of anilines is 2. The summed E-state index contributed by atoms with van der Waals surface area (Å²) in [6, 6.07) is 29.8. The van der Waals surface area contributed by atoms with Crippen LogP contribution >= 0.6 is 0 Å². The maximum Gasteiger partial charge on any atom is 0.416 e. The van der Waals surface area contributed by atoms with Crippen LogP contribution in [0.4, 0.5) is 24.5 Å². The first kappa shape index (κ1) is 41.0. The summed E-state index contributed by atoms with van der Waals surface area (Å²) in [6.07, 6.45) is -1.35. The van der Waals surface area contributed by atoms with E-state index in [1.807, 2.05) is 78.5 Å². The number of rotatable bonds is 12. The number of hydrogen-bond acceptors (Lipinski definition) is 6. The molecule has 0 aliphatic carbocycles. The molecular formula is C45H51F3N6O3. The van der Waals surface area contributed by atoms with Gasteiger partial charge in [-0.25, -0.2) is 0 Å². The zero-order valence-corrected chi connectivity index (χ0v) is 32.9. The number of carbonyl (C=O) groups is 3. The Morgan fingerprint density at radius 1 is 0.702 bits per heavy atom. The molecule has 9 nitrogen and oxygen atoms in total. The van der Waals surface area contributed by atoms with E-state index in [4.69, 9.17) is 0 Å². The molecule has 12 heteroatoms. The van der Waals surface area contributed by atoms with Crippen molar-refractivity contribution in [1.82, 2.24) is 19.6 Å². The van der Waals surface area contributed by atoms with Gasteiger partial charge in [-0.15, -0.1) is 0 Å². The molecule has 2 aliphatic rings. The molecule has 1 atom stereocenters. The van der Waals surface area contributed by atoms with Crippen LogP contribution in [0.5, 0.6) is 0 Å². The molecule has 2 fully saturated rings. The van der Waals surface area contributed by atoms with Gasteiger partial charge in [-0.2, -0.15) is 13.2 Å². The number of alkyl halides is 3. The van der Waals surface area contributed by atoms with Crippen LogP contribution < -0.4 is 9.80 Å². The van der Waals surface area contributed by atoms with Crippen molar-refractivity contribution in [2.45, 2.75) is 38.7 Å². The summed E-state index contributed by atoms with van der Waals surface area (Å²) in [4.78, 5) is 52.8. The first-order valence-electron chi connectivity index (χ1n) is 19.4. The fraction of sp³-hybridized carbons (Fsp3) is 0.356. The molecule has 3 amide bonds. The molecule has 0 aromatic heterocycles. The fourth-order valence-electron chi connectivity index (χ4n) is 7.34. The predicted octanol–water partition coefficient (Wildman–Crippen LogP) is 6.44. The van der Waals surface area contributed by atoms with E-state index in [2.05, 4.69) is 39.0 Å². The lowest BCUT2D eigenvalue weighted by Gasteiger charge is -2.39. The van der Waals surface area contributed by atoms with Crippen LogP contribution in [0, 0.1) is 0 Å². The van der Waals surface area contributed by atoms with Gasteiger partial charge >= 0.3 is 6.18 Å². The van der Waals surface area contributed by atoms with Crippen LogP contribution in [0.25, 0.3) is 6.08 Å². The Morgan fingerprint density at radius 2 is 1.30 bits per heavy atom. The van der Waals surface area contributed by atoms with E-state index in [0.717, 1.165) is 41.2 Å². The number of hydrogen-bond donors (Lipinski definition) is 0. The number of halogens is 3. The molecule has 0 spiro atoms. The molecule has 0 bridgehead atoms. The summed E-state index contributed by atoms with van der Waals surface area (Å²) in [7, 11) is 4.02. The van der Waals surface area contributed by atoms with Crippen LogP contribution in [-0.2, 0) is 40.1 Å². The van der Waals surface area contributed by atoms with Crippen LogP contribution in [0.1, 0.15) is 34.7 Å². The number of benzene rings is 4. The van der Waals surface area contributed by atoms with Crippen molar-refractivity contribution in [3.8, 4) is 0 Å². The van der Waals surface area contributed by atoms with Gasteiger partial charge in [0, 0.05) is 110 Å². The highest BCUT2D eigenvalue weighted by atomic mass is 19.4. The SMILES string of the molecule is CC(=O)N1CCN(c2ccc(CN(C(=O)C=Cc3ccc(C(F)(F)F)cc3)C(Cc3ccccc3)C(=O)N3CCN(Cc4ccc(N(C)C)cc4)CC3)cc2)CC1. The van der Waals surface area contributed by atoms with Crippen molar-refractivity contribution in [3.63, 3.8) is 0 Å². The molecular weight excluding hydrogens is 730 g/mol. The van der Waals surface area contributed by atoms with E-state index in [1.54, 1.807) is 11.8 Å². The summed E-state index contributed by atoms with van der Waals surface area (Å²) in [5, 5.41) is 0. The van der Waals surface area contributed by atoms with Crippen LogP contribution in [0.2, 0.25) is 0 Å². The molecule has 2 aliphatic heterocycles. The smallest absolute Gasteiger partial charge is 0.378 e. The molecule has 4 aromatic carbocycles. The lowest BCUT2D eigenvalue weighted by atomic mass is 10.0. The van der Waals surface area contributed by atoms with Gasteiger partial charge in [0.2, 0.25) is 17.7 Å². The summed E-state index contributed by atoms with van der Waals surface area (Å²) in [5.41, 5.74) is 4.73. The van der Waals surface area contributed by atoms with Gasteiger partial charge in [0.15, 0.2) is 0 Å². The highest BCUT2D eigenvalue weighted by Crippen LogP contribution is 2.29. The first-order chi connectivity index (χ1) is 27.3. The average Bonchev–Trinajstić information content (AvgIpc) is 3.22. The summed E-state index contributed by atoms with van der Waals surface area (Å²) in [5.74, 6) is -0.506. The molecule has 0 N–H and O–H groups in total. The molecule has 1 unspecified atom stereocenters. The van der Waals surface area contributed by atoms with Crippen molar-refractivity contribution in [2.75, 3.05) is 76.3 Å². The first-order valence-corrected chi connectivity index (χ1v) is 19.4. The standard InChI is InChI=1S/C45H51F3N6O3/c1-34(55)51-27-29-52(30-28-51)41-20-13-38(14-21-41)33-54(43(56)22-15-35-9-16-39(17-10-35)45(46,47)48)42(31-36-7-5-4-6-8-36)44(57)53-25-23-50(24-26-53)32-37-11-18-40(19-12-37)49(2)3/h4-22,42H,23-33H2,1-3H3. The molecule has 6 rings (SSSR count). The lowest BCUT2D eigenvalue weighted by Crippen LogP contribution is -2.56. The molecule has 2 heterocycles. The highest BCUT2D eigenvalue weighted by Gasteiger charge is 2.34. The Labute approximate surface area is 333 Å². The van der Waals surface area contributed by atoms with Crippen molar-refractivity contribution in [2.24, 2.45) is 0 Å². The maximum atomic E-state index is 14.7. The van der Waals surface area contributed by atoms with Gasteiger partial charge in [-0.05, 0) is 64.7 Å². The van der Waals surface area contributed by atoms with E-state index >= 15 is 0 Å². The monoisotopic (exact) mass is 780 g/mol. The van der Waals surface area contributed by atoms with Gasteiger partial charge in [-0.3, -0.25) is 19.3 Å². The summed E-state index contributed by atoms with van der Waals surface area (Å²) >= 11 is 0. The Hall–Kier alpha value is -5.62. The number of piperazine rings is 2. The number of nitrogens with zero attached hydrogens (tertiary/aromatic N) is 6. The van der Waals surface area contributed by atoms with Crippen molar-refractivity contribution in [3.05, 3.63) is 137 Å². The van der Waals surface area contributed by atoms with Gasteiger partial charge in [-0.1, -0.05) is 66.7 Å². The lowest BCUT2D eigenvalue weighted by molar-refractivity contribution is -0.145. The minimum absolute atomic E-state index is 0.0645. The third-order valence-corrected chi connectivity index (χ3v) is 10.8. The van der Waals surface area contributed by atoms with Gasteiger partial charge in [0.05, 0.1) is 5.56 Å². The highest BCUT2D eigenvalue weighted by molar-refractivity contribution is 5.96.